The van der Waals surface area contributed by atoms with Crippen LogP contribution in [0.25, 0.3) is 0 Å². The number of ether oxygens (including phenoxy) is 1. The first-order valence-corrected chi connectivity index (χ1v) is 12.7. The number of hydrogen-bond acceptors (Lipinski definition) is 5. The van der Waals surface area contributed by atoms with Gasteiger partial charge in [-0.15, -0.1) is 0 Å². The normalized spacial score (nSPS) is 14.1. The van der Waals surface area contributed by atoms with Crippen molar-refractivity contribution in [2.75, 3.05) is 20.3 Å². The van der Waals surface area contributed by atoms with Crippen LogP contribution in [0.4, 0.5) is 0 Å². The van der Waals surface area contributed by atoms with Gasteiger partial charge >= 0.3 is 0 Å². The maximum Gasteiger partial charge on any atom is 0.228 e. The Morgan fingerprint density at radius 1 is 1.35 bits per heavy atom. The van der Waals surface area contributed by atoms with Crippen molar-refractivity contribution in [1.82, 2.24) is 19.8 Å². The van der Waals surface area contributed by atoms with Crippen molar-refractivity contribution in [3.63, 3.8) is 0 Å². The van der Waals surface area contributed by atoms with Crippen molar-refractivity contribution in [1.29, 1.82) is 0 Å². The van der Waals surface area contributed by atoms with Crippen LogP contribution < -0.4 is 5.32 Å². The van der Waals surface area contributed by atoms with E-state index in [1.165, 1.54) is 0 Å². The molecule has 0 bridgehead atoms. The number of benzene rings is 1. The summed E-state index contributed by atoms with van der Waals surface area (Å²) in [5.74, 6) is -0.0715. The minimum atomic E-state index is -3.61. The summed E-state index contributed by atoms with van der Waals surface area (Å²) in [5, 5.41) is 4.13. The van der Waals surface area contributed by atoms with E-state index in [0.29, 0.717) is 30.9 Å². The Morgan fingerprint density at radius 2 is 2.06 bits per heavy atom. The predicted octanol–water partition coefficient (Wildman–Crippen LogP) is 3.23. The Bertz CT molecular complexity index is 1010. The number of aromatic nitrogens is 2. The molecule has 0 spiro atoms. The van der Waals surface area contributed by atoms with Crippen LogP contribution in [0.1, 0.15) is 49.6 Å². The highest BCUT2D eigenvalue weighted by molar-refractivity contribution is 7.90. The van der Waals surface area contributed by atoms with Gasteiger partial charge in [0, 0.05) is 25.7 Å². The molecule has 1 saturated carbocycles. The van der Waals surface area contributed by atoms with Gasteiger partial charge in [-0.3, -0.25) is 0 Å². The van der Waals surface area contributed by atoms with Gasteiger partial charge in [0.05, 0.1) is 30.8 Å². The number of imidazole rings is 1. The number of methoxy groups -OCH3 is 1. The number of thiocarbonyl (C=S) groups is 1. The number of rotatable bonds is 10. The van der Waals surface area contributed by atoms with Gasteiger partial charge in [0.15, 0.2) is 5.11 Å². The van der Waals surface area contributed by atoms with E-state index in [0.717, 1.165) is 29.7 Å². The van der Waals surface area contributed by atoms with E-state index in [9.17, 15) is 8.42 Å². The molecule has 170 valence electrons. The van der Waals surface area contributed by atoms with E-state index in [1.54, 1.807) is 13.3 Å². The Kier molecular flexibility index (Phi) is 7.72. The summed E-state index contributed by atoms with van der Waals surface area (Å²) in [6, 6.07) is 7.93. The van der Waals surface area contributed by atoms with Crippen molar-refractivity contribution in [2.45, 2.75) is 63.2 Å². The van der Waals surface area contributed by atoms with E-state index in [1.807, 2.05) is 54.5 Å². The molecule has 1 aliphatic carbocycles. The van der Waals surface area contributed by atoms with Gasteiger partial charge in [-0.2, -0.15) is 0 Å². The molecule has 0 atom stereocenters. The lowest BCUT2D eigenvalue weighted by atomic mass is 10.1. The molecule has 1 aliphatic rings. The van der Waals surface area contributed by atoms with Gasteiger partial charge in [-0.1, -0.05) is 24.3 Å². The van der Waals surface area contributed by atoms with Gasteiger partial charge in [-0.25, -0.2) is 13.4 Å². The fraction of sp³-hybridized carbons (Fsp3) is 0.545. The summed E-state index contributed by atoms with van der Waals surface area (Å²) >= 11 is 5.61. The first kappa shape index (κ1) is 23.7. The van der Waals surface area contributed by atoms with E-state index < -0.39 is 9.84 Å². The summed E-state index contributed by atoms with van der Waals surface area (Å²) < 4.78 is 33.6. The van der Waals surface area contributed by atoms with Gasteiger partial charge in [0.25, 0.3) is 0 Å². The van der Waals surface area contributed by atoms with Gasteiger partial charge < -0.3 is 19.5 Å². The molecule has 0 amide bonds. The molecular formula is C22H32N4O3S2. The minimum Gasteiger partial charge on any atom is -0.383 e. The molecule has 9 heteroatoms. The fourth-order valence-corrected chi connectivity index (χ4v) is 5.49. The number of sulfone groups is 1. The van der Waals surface area contributed by atoms with E-state index in [-0.39, 0.29) is 17.0 Å². The van der Waals surface area contributed by atoms with E-state index in [4.69, 9.17) is 17.0 Å². The first-order chi connectivity index (χ1) is 14.7. The Balaban J connectivity index is 1.87. The third kappa shape index (κ3) is 6.05. The lowest BCUT2D eigenvalue weighted by Gasteiger charge is -2.27. The standard InChI is InChI=1S/C22H32N4O3S2/c1-16(2)26-20(14-25(11-12-29-4)21(30)24-19-9-10-19)13-23-22(26)31(27,28)15-18-8-6-5-7-17(18)3/h5-8,13,16,19H,9-12,14-15H2,1-4H3,(H,24,30). The molecule has 1 fully saturated rings. The highest BCUT2D eigenvalue weighted by Gasteiger charge is 2.28. The molecule has 0 radical (unpaired) electrons. The number of hydrogen-bond donors (Lipinski definition) is 1. The van der Waals surface area contributed by atoms with Gasteiger partial charge in [-0.05, 0) is 57.0 Å². The third-order valence-corrected chi connectivity index (χ3v) is 7.28. The van der Waals surface area contributed by atoms with Crippen LogP contribution in [0.2, 0.25) is 0 Å². The number of nitrogens with one attached hydrogen (secondary N) is 1. The van der Waals surface area contributed by atoms with Gasteiger partial charge in [0.1, 0.15) is 0 Å². The molecule has 2 aromatic rings. The summed E-state index contributed by atoms with van der Waals surface area (Å²) in [7, 11) is -1.96. The van der Waals surface area contributed by atoms with Crippen molar-refractivity contribution in [3.05, 3.63) is 47.3 Å². The summed E-state index contributed by atoms with van der Waals surface area (Å²) in [4.78, 5) is 6.37. The summed E-state index contributed by atoms with van der Waals surface area (Å²) in [5.41, 5.74) is 2.56. The average molecular weight is 465 g/mol. The SMILES string of the molecule is COCCN(Cc1cnc(S(=O)(=O)Cc2ccccc2C)n1C(C)C)C(=S)NC1CC1. The zero-order valence-corrected chi connectivity index (χ0v) is 20.3. The van der Waals surface area contributed by atoms with Crippen molar-refractivity contribution in [3.8, 4) is 0 Å². The Morgan fingerprint density at radius 3 is 2.68 bits per heavy atom. The molecule has 1 aromatic heterocycles. The highest BCUT2D eigenvalue weighted by atomic mass is 32.2. The number of aryl methyl sites for hydroxylation is 1. The maximum atomic E-state index is 13.3. The highest BCUT2D eigenvalue weighted by Crippen LogP contribution is 2.24. The predicted molar refractivity (Wildman–Crippen MR) is 126 cm³/mol. The second-order valence-corrected chi connectivity index (χ2v) is 10.6. The summed E-state index contributed by atoms with van der Waals surface area (Å²) in [6.45, 7) is 7.47. The minimum absolute atomic E-state index is 0.0617. The van der Waals surface area contributed by atoms with Crippen LogP contribution in [0.15, 0.2) is 35.6 Å². The van der Waals surface area contributed by atoms with Crippen LogP contribution in [0, 0.1) is 6.92 Å². The molecular weight excluding hydrogens is 432 g/mol. The van der Waals surface area contributed by atoms with Crippen LogP contribution in [-0.4, -0.2) is 54.3 Å². The summed E-state index contributed by atoms with van der Waals surface area (Å²) in [6.07, 6.45) is 3.91. The average Bonchev–Trinajstić information content (AvgIpc) is 3.41. The van der Waals surface area contributed by atoms with E-state index >= 15 is 0 Å². The van der Waals surface area contributed by atoms with Crippen LogP contribution >= 0.6 is 12.2 Å². The van der Waals surface area contributed by atoms with Crippen LogP contribution in [0.5, 0.6) is 0 Å². The second-order valence-electron chi connectivity index (χ2n) is 8.32. The molecule has 7 nitrogen and oxygen atoms in total. The first-order valence-electron chi connectivity index (χ1n) is 10.6. The molecule has 0 saturated heterocycles. The third-order valence-electron chi connectivity index (χ3n) is 5.35. The molecule has 1 N–H and O–H groups in total. The molecule has 1 heterocycles. The second kappa shape index (κ2) is 10.1. The fourth-order valence-electron chi connectivity index (χ4n) is 3.46. The molecule has 0 unspecified atom stereocenters. The quantitative estimate of drug-likeness (QED) is 0.541. The topological polar surface area (TPSA) is 76.5 Å². The Hall–Kier alpha value is -1.97. The zero-order valence-electron chi connectivity index (χ0n) is 18.7. The molecule has 1 aromatic carbocycles. The molecule has 3 rings (SSSR count). The number of nitrogens with zero attached hydrogens (tertiary/aromatic N) is 3. The van der Waals surface area contributed by atoms with Crippen molar-refractivity contribution in [2.24, 2.45) is 0 Å². The lowest BCUT2D eigenvalue weighted by molar-refractivity contribution is 0.172. The maximum absolute atomic E-state index is 13.3. The zero-order chi connectivity index (χ0) is 22.6. The van der Waals surface area contributed by atoms with Gasteiger partial charge in [0.2, 0.25) is 15.0 Å². The lowest BCUT2D eigenvalue weighted by Crippen LogP contribution is -2.42. The smallest absolute Gasteiger partial charge is 0.228 e. The van der Waals surface area contributed by atoms with Crippen LogP contribution in [0.3, 0.4) is 0 Å². The van der Waals surface area contributed by atoms with Crippen LogP contribution in [-0.2, 0) is 26.9 Å². The Labute approximate surface area is 190 Å². The van der Waals surface area contributed by atoms with E-state index in [2.05, 4.69) is 10.3 Å². The molecule has 31 heavy (non-hydrogen) atoms. The largest absolute Gasteiger partial charge is 0.383 e. The monoisotopic (exact) mass is 464 g/mol. The van der Waals surface area contributed by atoms with Crippen molar-refractivity contribution < 1.29 is 13.2 Å². The molecule has 0 aliphatic heterocycles. The van der Waals surface area contributed by atoms with Crippen molar-refractivity contribution >= 4 is 27.2 Å².